The molecule has 0 aliphatic heterocycles. The van der Waals surface area contributed by atoms with Gasteiger partial charge in [-0.1, -0.05) is 24.6 Å². The number of hydrogen-bond donors (Lipinski definition) is 1. The van der Waals surface area contributed by atoms with Gasteiger partial charge in [-0.25, -0.2) is 4.39 Å². The van der Waals surface area contributed by atoms with Crippen molar-refractivity contribution in [2.75, 3.05) is 6.54 Å². The molecule has 18 heavy (non-hydrogen) atoms. The SMILES string of the molecule is CCCNC1CCC(Cc2c(F)cccc2Cl)C1. The van der Waals surface area contributed by atoms with Crippen molar-refractivity contribution < 1.29 is 4.39 Å². The number of hydrogen-bond acceptors (Lipinski definition) is 1. The standard InChI is InChI=1S/C15H21ClFN/c1-2-8-18-12-7-6-11(9-12)10-13-14(16)4-3-5-15(13)17/h3-5,11-12,18H,2,6-10H2,1H3. The van der Waals surface area contributed by atoms with Gasteiger partial charge in [-0.15, -0.1) is 0 Å². The van der Waals surface area contributed by atoms with Crippen molar-refractivity contribution in [1.29, 1.82) is 0 Å². The summed E-state index contributed by atoms with van der Waals surface area (Å²) in [6, 6.07) is 5.56. The lowest BCUT2D eigenvalue weighted by Gasteiger charge is -2.14. The first kappa shape index (κ1) is 13.8. The first-order chi connectivity index (χ1) is 8.70. The highest BCUT2D eigenvalue weighted by Gasteiger charge is 2.25. The predicted octanol–water partition coefficient (Wildman–Crippen LogP) is 4.19. The van der Waals surface area contributed by atoms with E-state index in [9.17, 15) is 4.39 Å². The van der Waals surface area contributed by atoms with Crippen molar-refractivity contribution in [3.8, 4) is 0 Å². The molecule has 0 bridgehead atoms. The highest BCUT2D eigenvalue weighted by atomic mass is 35.5. The largest absolute Gasteiger partial charge is 0.314 e. The van der Waals surface area contributed by atoms with Gasteiger partial charge in [0, 0.05) is 16.6 Å². The lowest BCUT2D eigenvalue weighted by atomic mass is 9.97. The Morgan fingerprint density at radius 1 is 1.39 bits per heavy atom. The number of rotatable bonds is 5. The molecule has 1 N–H and O–H groups in total. The number of benzene rings is 1. The molecule has 0 saturated heterocycles. The third-order valence-corrected chi connectivity index (χ3v) is 4.13. The van der Waals surface area contributed by atoms with Crippen molar-refractivity contribution in [2.45, 2.75) is 45.1 Å². The third-order valence-electron chi connectivity index (χ3n) is 3.78. The Morgan fingerprint density at radius 2 is 2.22 bits per heavy atom. The number of halogens is 2. The Labute approximate surface area is 114 Å². The molecule has 1 saturated carbocycles. The summed E-state index contributed by atoms with van der Waals surface area (Å²) in [7, 11) is 0. The van der Waals surface area contributed by atoms with Gasteiger partial charge in [0.15, 0.2) is 0 Å². The van der Waals surface area contributed by atoms with Crippen LogP contribution >= 0.6 is 11.6 Å². The summed E-state index contributed by atoms with van der Waals surface area (Å²) >= 11 is 6.07. The predicted molar refractivity (Wildman–Crippen MR) is 74.5 cm³/mol. The van der Waals surface area contributed by atoms with Crippen molar-refractivity contribution in [1.82, 2.24) is 5.32 Å². The maximum Gasteiger partial charge on any atom is 0.127 e. The summed E-state index contributed by atoms with van der Waals surface area (Å²) in [5, 5.41) is 4.12. The van der Waals surface area contributed by atoms with E-state index in [2.05, 4.69) is 12.2 Å². The van der Waals surface area contributed by atoms with E-state index in [0.29, 0.717) is 22.5 Å². The van der Waals surface area contributed by atoms with Gasteiger partial charge in [-0.2, -0.15) is 0 Å². The van der Waals surface area contributed by atoms with Gasteiger partial charge in [0.05, 0.1) is 0 Å². The lowest BCUT2D eigenvalue weighted by Crippen LogP contribution is -2.27. The molecule has 2 rings (SSSR count). The molecule has 2 atom stereocenters. The molecule has 3 heteroatoms. The van der Waals surface area contributed by atoms with Crippen LogP contribution in [0.25, 0.3) is 0 Å². The smallest absolute Gasteiger partial charge is 0.127 e. The summed E-state index contributed by atoms with van der Waals surface area (Å²) in [6.45, 7) is 3.26. The van der Waals surface area contributed by atoms with Gasteiger partial charge in [0.2, 0.25) is 0 Å². The molecule has 1 aromatic rings. The van der Waals surface area contributed by atoms with E-state index in [1.54, 1.807) is 12.1 Å². The minimum absolute atomic E-state index is 0.160. The molecular weight excluding hydrogens is 249 g/mol. The van der Waals surface area contributed by atoms with Crippen molar-refractivity contribution in [3.63, 3.8) is 0 Å². The van der Waals surface area contributed by atoms with Crippen molar-refractivity contribution in [2.24, 2.45) is 5.92 Å². The summed E-state index contributed by atoms with van der Waals surface area (Å²) in [5.74, 6) is 0.404. The highest BCUT2D eigenvalue weighted by Crippen LogP contribution is 2.31. The van der Waals surface area contributed by atoms with Crippen LogP contribution in [0.3, 0.4) is 0 Å². The van der Waals surface area contributed by atoms with Crippen LogP contribution in [0, 0.1) is 11.7 Å². The van der Waals surface area contributed by atoms with Gasteiger partial charge in [-0.05, 0) is 56.7 Å². The fraction of sp³-hybridized carbons (Fsp3) is 0.600. The molecule has 100 valence electrons. The van der Waals surface area contributed by atoms with Gasteiger partial charge in [-0.3, -0.25) is 0 Å². The Hall–Kier alpha value is -0.600. The molecule has 0 radical (unpaired) electrons. The minimum atomic E-state index is -0.160. The third kappa shape index (κ3) is 3.46. The maximum absolute atomic E-state index is 13.7. The lowest BCUT2D eigenvalue weighted by molar-refractivity contribution is 0.477. The molecule has 2 unspecified atom stereocenters. The van der Waals surface area contributed by atoms with Crippen LogP contribution in [0.1, 0.15) is 38.2 Å². The zero-order valence-corrected chi connectivity index (χ0v) is 11.6. The molecule has 1 fully saturated rings. The molecule has 0 amide bonds. The van der Waals surface area contributed by atoms with E-state index in [-0.39, 0.29) is 5.82 Å². The molecule has 0 spiro atoms. The molecule has 1 aliphatic carbocycles. The van der Waals surface area contributed by atoms with E-state index in [0.717, 1.165) is 19.4 Å². The monoisotopic (exact) mass is 269 g/mol. The van der Waals surface area contributed by atoms with Crippen LogP contribution in [0.4, 0.5) is 4.39 Å². The van der Waals surface area contributed by atoms with E-state index >= 15 is 0 Å². The van der Waals surface area contributed by atoms with Crippen molar-refractivity contribution >= 4 is 11.6 Å². The molecule has 1 aliphatic rings. The van der Waals surface area contributed by atoms with Crippen LogP contribution in [0.15, 0.2) is 18.2 Å². The van der Waals surface area contributed by atoms with E-state index in [1.807, 2.05) is 0 Å². The Kier molecular flexibility index (Phi) is 5.02. The van der Waals surface area contributed by atoms with E-state index in [4.69, 9.17) is 11.6 Å². The van der Waals surface area contributed by atoms with Gasteiger partial charge < -0.3 is 5.32 Å². The van der Waals surface area contributed by atoms with E-state index in [1.165, 1.54) is 25.3 Å². The highest BCUT2D eigenvalue weighted by molar-refractivity contribution is 6.31. The molecule has 1 aromatic carbocycles. The second-order valence-electron chi connectivity index (χ2n) is 5.23. The fourth-order valence-electron chi connectivity index (χ4n) is 2.81. The second-order valence-corrected chi connectivity index (χ2v) is 5.64. The second kappa shape index (κ2) is 6.53. The maximum atomic E-state index is 13.7. The summed E-state index contributed by atoms with van der Waals surface area (Å²) in [4.78, 5) is 0. The average molecular weight is 270 g/mol. The zero-order chi connectivity index (χ0) is 13.0. The van der Waals surface area contributed by atoms with Crippen LogP contribution in [0.5, 0.6) is 0 Å². The fourth-order valence-corrected chi connectivity index (χ4v) is 3.05. The first-order valence-electron chi connectivity index (χ1n) is 6.87. The van der Waals surface area contributed by atoms with Crippen molar-refractivity contribution in [3.05, 3.63) is 34.6 Å². The van der Waals surface area contributed by atoms with Gasteiger partial charge in [0.1, 0.15) is 5.82 Å². The minimum Gasteiger partial charge on any atom is -0.314 e. The Bertz CT molecular complexity index is 374. The van der Waals surface area contributed by atoms with Gasteiger partial charge in [0.25, 0.3) is 0 Å². The molecule has 0 heterocycles. The Balaban J connectivity index is 1.91. The summed E-state index contributed by atoms with van der Waals surface area (Å²) in [6.07, 6.45) is 5.46. The normalized spacial score (nSPS) is 23.5. The van der Waals surface area contributed by atoms with Crippen LogP contribution < -0.4 is 5.32 Å². The van der Waals surface area contributed by atoms with Crippen LogP contribution in [-0.2, 0) is 6.42 Å². The molecule has 0 aromatic heterocycles. The quantitative estimate of drug-likeness (QED) is 0.845. The van der Waals surface area contributed by atoms with E-state index < -0.39 is 0 Å². The first-order valence-corrected chi connectivity index (χ1v) is 7.24. The van der Waals surface area contributed by atoms with Crippen LogP contribution in [-0.4, -0.2) is 12.6 Å². The summed E-state index contributed by atoms with van der Waals surface area (Å²) < 4.78 is 13.7. The zero-order valence-electron chi connectivity index (χ0n) is 10.9. The Morgan fingerprint density at radius 3 is 2.94 bits per heavy atom. The van der Waals surface area contributed by atoms with Gasteiger partial charge >= 0.3 is 0 Å². The van der Waals surface area contributed by atoms with Crippen LogP contribution in [0.2, 0.25) is 5.02 Å². The average Bonchev–Trinajstić information content (AvgIpc) is 2.79. The molecule has 1 nitrogen and oxygen atoms in total. The number of nitrogens with one attached hydrogen (secondary N) is 1. The summed E-state index contributed by atoms with van der Waals surface area (Å²) in [5.41, 5.74) is 0.695. The molecular formula is C15H21ClFN. The topological polar surface area (TPSA) is 12.0 Å².